The third-order valence-electron chi connectivity index (χ3n) is 3.21. The Morgan fingerprint density at radius 3 is 2.57 bits per heavy atom. The summed E-state index contributed by atoms with van der Waals surface area (Å²) in [5, 5.41) is 10.8. The molecule has 8 heteroatoms. The third-order valence-corrected chi connectivity index (χ3v) is 3.21. The molecule has 112 valence electrons. The molecule has 0 spiro atoms. The number of anilines is 1. The van der Waals surface area contributed by atoms with E-state index in [1.165, 1.54) is 10.9 Å². The summed E-state index contributed by atoms with van der Waals surface area (Å²) in [5.74, 6) is -1.02. The van der Waals surface area contributed by atoms with E-state index >= 15 is 0 Å². The van der Waals surface area contributed by atoms with Crippen LogP contribution in [-0.2, 0) is 13.1 Å². The molecule has 8 nitrogen and oxygen atoms in total. The van der Waals surface area contributed by atoms with Crippen LogP contribution in [0.4, 0.5) is 5.69 Å². The highest BCUT2D eigenvalue weighted by Crippen LogP contribution is 2.16. The standard InChI is InChI=1S/C13H18N6O2/c1-4-18-7-10(11(17-18)12(14)20)16-13(21)9-6-15-19(5-2)8(9)3/h6-7H,4-5H2,1-3H3,(H2,14,20)(H,16,21). The lowest BCUT2D eigenvalue weighted by atomic mass is 10.2. The molecular formula is C13H18N6O2. The molecule has 0 aliphatic rings. The molecule has 0 fully saturated rings. The van der Waals surface area contributed by atoms with Gasteiger partial charge in [0, 0.05) is 25.0 Å². The molecule has 0 saturated heterocycles. The Bertz CT molecular complexity index is 685. The summed E-state index contributed by atoms with van der Waals surface area (Å²) in [6, 6.07) is 0. The normalized spacial score (nSPS) is 10.6. The predicted molar refractivity (Wildman–Crippen MR) is 77.0 cm³/mol. The number of primary amides is 1. The quantitative estimate of drug-likeness (QED) is 0.848. The summed E-state index contributed by atoms with van der Waals surface area (Å²) < 4.78 is 3.26. The molecule has 0 radical (unpaired) electrons. The molecule has 0 bridgehead atoms. The van der Waals surface area contributed by atoms with Gasteiger partial charge in [0.2, 0.25) is 0 Å². The second kappa shape index (κ2) is 5.78. The Balaban J connectivity index is 2.28. The first-order valence-corrected chi connectivity index (χ1v) is 6.68. The van der Waals surface area contributed by atoms with E-state index in [9.17, 15) is 9.59 Å². The second-order valence-corrected chi connectivity index (χ2v) is 4.52. The number of aromatic nitrogens is 4. The molecule has 0 aromatic carbocycles. The molecule has 21 heavy (non-hydrogen) atoms. The Morgan fingerprint density at radius 1 is 1.33 bits per heavy atom. The van der Waals surface area contributed by atoms with Gasteiger partial charge in [-0.1, -0.05) is 0 Å². The summed E-state index contributed by atoms with van der Waals surface area (Å²) in [6.45, 7) is 6.88. The highest BCUT2D eigenvalue weighted by Gasteiger charge is 2.19. The van der Waals surface area contributed by atoms with E-state index in [-0.39, 0.29) is 11.6 Å². The number of rotatable bonds is 5. The van der Waals surface area contributed by atoms with Crippen molar-refractivity contribution in [1.29, 1.82) is 0 Å². The molecule has 0 saturated carbocycles. The minimum atomic E-state index is -0.682. The van der Waals surface area contributed by atoms with Gasteiger partial charge in [-0.25, -0.2) is 0 Å². The monoisotopic (exact) mass is 290 g/mol. The van der Waals surface area contributed by atoms with Crippen LogP contribution in [0.3, 0.4) is 0 Å². The third kappa shape index (κ3) is 2.78. The van der Waals surface area contributed by atoms with Crippen LogP contribution >= 0.6 is 0 Å². The molecule has 3 N–H and O–H groups in total. The minimum Gasteiger partial charge on any atom is -0.364 e. The summed E-state index contributed by atoms with van der Waals surface area (Å²) in [5.41, 5.74) is 6.84. The van der Waals surface area contributed by atoms with Crippen LogP contribution in [0.2, 0.25) is 0 Å². The van der Waals surface area contributed by atoms with Gasteiger partial charge >= 0.3 is 0 Å². The van der Waals surface area contributed by atoms with E-state index in [2.05, 4.69) is 15.5 Å². The molecule has 0 aliphatic heterocycles. The van der Waals surface area contributed by atoms with Crippen molar-refractivity contribution in [1.82, 2.24) is 19.6 Å². The van der Waals surface area contributed by atoms with E-state index in [0.717, 1.165) is 5.69 Å². The molecule has 2 aromatic heterocycles. The van der Waals surface area contributed by atoms with E-state index in [1.54, 1.807) is 10.9 Å². The summed E-state index contributed by atoms with van der Waals surface area (Å²) in [6.07, 6.45) is 3.08. The molecule has 0 atom stereocenters. The summed E-state index contributed by atoms with van der Waals surface area (Å²) >= 11 is 0. The van der Waals surface area contributed by atoms with Gasteiger partial charge in [0.05, 0.1) is 17.4 Å². The number of hydrogen-bond acceptors (Lipinski definition) is 4. The van der Waals surface area contributed by atoms with E-state index in [4.69, 9.17) is 5.73 Å². The number of nitrogens with one attached hydrogen (secondary N) is 1. The summed E-state index contributed by atoms with van der Waals surface area (Å²) in [7, 11) is 0. The molecule has 0 unspecified atom stereocenters. The van der Waals surface area contributed by atoms with Crippen molar-refractivity contribution in [2.24, 2.45) is 5.73 Å². The number of nitrogens with zero attached hydrogens (tertiary/aromatic N) is 4. The highest BCUT2D eigenvalue weighted by atomic mass is 16.2. The molecule has 0 aliphatic carbocycles. The zero-order valence-electron chi connectivity index (χ0n) is 12.3. The predicted octanol–water partition coefficient (Wildman–Crippen LogP) is 0.779. The number of hydrogen-bond donors (Lipinski definition) is 2. The fourth-order valence-corrected chi connectivity index (χ4v) is 2.03. The van der Waals surface area contributed by atoms with E-state index < -0.39 is 5.91 Å². The van der Waals surface area contributed by atoms with E-state index in [1.807, 2.05) is 20.8 Å². The van der Waals surface area contributed by atoms with Crippen LogP contribution in [0.5, 0.6) is 0 Å². The first-order valence-electron chi connectivity index (χ1n) is 6.68. The average Bonchev–Trinajstić information content (AvgIpc) is 3.02. The zero-order valence-corrected chi connectivity index (χ0v) is 12.3. The number of carbonyl (C=O) groups excluding carboxylic acids is 2. The number of carbonyl (C=O) groups is 2. The van der Waals surface area contributed by atoms with Crippen LogP contribution in [0.15, 0.2) is 12.4 Å². The smallest absolute Gasteiger partial charge is 0.271 e. The maximum absolute atomic E-state index is 12.3. The van der Waals surface area contributed by atoms with Gasteiger partial charge in [-0.15, -0.1) is 0 Å². The number of amides is 2. The minimum absolute atomic E-state index is 0.0470. The van der Waals surface area contributed by atoms with Crippen LogP contribution in [0, 0.1) is 6.92 Å². The molecule has 2 amide bonds. The molecular weight excluding hydrogens is 272 g/mol. The van der Waals surface area contributed by atoms with Crippen molar-refractivity contribution >= 4 is 17.5 Å². The van der Waals surface area contributed by atoms with Gasteiger partial charge in [-0.3, -0.25) is 19.0 Å². The van der Waals surface area contributed by atoms with Gasteiger partial charge in [0.25, 0.3) is 11.8 Å². The van der Waals surface area contributed by atoms with Crippen molar-refractivity contribution in [2.45, 2.75) is 33.9 Å². The first kappa shape index (κ1) is 14.8. The van der Waals surface area contributed by atoms with Gasteiger partial charge in [0.1, 0.15) is 0 Å². The average molecular weight is 290 g/mol. The van der Waals surface area contributed by atoms with Gasteiger partial charge in [-0.05, 0) is 20.8 Å². The molecule has 2 heterocycles. The number of nitrogens with two attached hydrogens (primary N) is 1. The lowest BCUT2D eigenvalue weighted by Crippen LogP contribution is -2.18. The van der Waals surface area contributed by atoms with Crippen LogP contribution in [0.1, 0.15) is 40.4 Å². The van der Waals surface area contributed by atoms with Gasteiger partial charge < -0.3 is 11.1 Å². The largest absolute Gasteiger partial charge is 0.364 e. The Morgan fingerprint density at radius 2 is 2.05 bits per heavy atom. The molecule has 2 aromatic rings. The van der Waals surface area contributed by atoms with Crippen LogP contribution in [-0.4, -0.2) is 31.4 Å². The maximum atomic E-state index is 12.3. The Kier molecular flexibility index (Phi) is 4.06. The SMILES string of the molecule is CCn1cc(NC(=O)c2cnn(CC)c2C)c(C(N)=O)n1. The van der Waals surface area contributed by atoms with Crippen molar-refractivity contribution in [2.75, 3.05) is 5.32 Å². The van der Waals surface area contributed by atoms with Crippen molar-refractivity contribution in [3.8, 4) is 0 Å². The first-order chi connectivity index (χ1) is 9.97. The Labute approximate surface area is 121 Å². The van der Waals surface area contributed by atoms with E-state index in [0.29, 0.717) is 24.3 Å². The van der Waals surface area contributed by atoms with Crippen molar-refractivity contribution in [3.05, 3.63) is 29.3 Å². The van der Waals surface area contributed by atoms with Crippen molar-refractivity contribution < 1.29 is 9.59 Å². The number of aryl methyl sites for hydroxylation is 2. The second-order valence-electron chi connectivity index (χ2n) is 4.52. The fraction of sp³-hybridized carbons (Fsp3) is 0.385. The maximum Gasteiger partial charge on any atom is 0.271 e. The lowest BCUT2D eigenvalue weighted by Gasteiger charge is -2.04. The van der Waals surface area contributed by atoms with Crippen LogP contribution < -0.4 is 11.1 Å². The molecule has 2 rings (SSSR count). The topological polar surface area (TPSA) is 108 Å². The highest BCUT2D eigenvalue weighted by molar-refractivity contribution is 6.08. The summed E-state index contributed by atoms with van der Waals surface area (Å²) in [4.78, 5) is 23.6. The fourth-order valence-electron chi connectivity index (χ4n) is 2.03. The lowest BCUT2D eigenvalue weighted by molar-refractivity contribution is 0.0995. The van der Waals surface area contributed by atoms with Gasteiger partial charge in [0.15, 0.2) is 5.69 Å². The van der Waals surface area contributed by atoms with Crippen molar-refractivity contribution in [3.63, 3.8) is 0 Å². The zero-order chi connectivity index (χ0) is 15.6. The van der Waals surface area contributed by atoms with Crippen LogP contribution in [0.25, 0.3) is 0 Å². The Hall–Kier alpha value is -2.64. The van der Waals surface area contributed by atoms with Gasteiger partial charge in [-0.2, -0.15) is 10.2 Å².